The van der Waals surface area contributed by atoms with E-state index in [1.807, 2.05) is 12.1 Å². The molecule has 160 valence electrons. The Morgan fingerprint density at radius 2 is 1.50 bits per heavy atom. The molecular formula is C29H27NO2. The molecule has 0 unspecified atom stereocenters. The second kappa shape index (κ2) is 9.19. The van der Waals surface area contributed by atoms with Gasteiger partial charge >= 0.3 is 0 Å². The number of hydrogen-bond donors (Lipinski definition) is 0. The van der Waals surface area contributed by atoms with Crippen molar-refractivity contribution in [2.45, 2.75) is 19.4 Å². The molecule has 0 N–H and O–H groups in total. The normalized spacial score (nSPS) is 13.0. The second-order valence-electron chi connectivity index (χ2n) is 8.04. The van der Waals surface area contributed by atoms with E-state index in [9.17, 15) is 0 Å². The molecular weight excluding hydrogens is 394 g/mol. The number of aromatic nitrogens is 1. The second-order valence-corrected chi connectivity index (χ2v) is 8.04. The molecule has 0 aliphatic heterocycles. The van der Waals surface area contributed by atoms with Crippen molar-refractivity contribution in [1.82, 2.24) is 4.57 Å². The lowest BCUT2D eigenvalue weighted by Crippen LogP contribution is -2.07. The first-order valence-corrected chi connectivity index (χ1v) is 11.1. The van der Waals surface area contributed by atoms with Crippen molar-refractivity contribution in [3.8, 4) is 11.5 Å². The third-order valence-electron chi connectivity index (χ3n) is 6.08. The van der Waals surface area contributed by atoms with Gasteiger partial charge in [0.05, 0.1) is 13.7 Å². The summed E-state index contributed by atoms with van der Waals surface area (Å²) in [5, 5.41) is 0. The molecule has 0 saturated heterocycles. The summed E-state index contributed by atoms with van der Waals surface area (Å²) in [6, 6.07) is 29.8. The van der Waals surface area contributed by atoms with Crippen LogP contribution in [0.15, 0.2) is 97.3 Å². The van der Waals surface area contributed by atoms with E-state index in [4.69, 9.17) is 9.47 Å². The Balaban J connectivity index is 1.47. The monoisotopic (exact) mass is 421 g/mol. The lowest BCUT2D eigenvalue weighted by atomic mass is 9.79. The maximum Gasteiger partial charge on any atom is 0.119 e. The van der Waals surface area contributed by atoms with Crippen LogP contribution in [0.1, 0.15) is 28.7 Å². The van der Waals surface area contributed by atoms with Crippen molar-refractivity contribution in [2.75, 3.05) is 13.7 Å². The minimum absolute atomic E-state index is 0.647. The van der Waals surface area contributed by atoms with Crippen molar-refractivity contribution >= 4 is 11.1 Å². The molecule has 3 aromatic carbocycles. The van der Waals surface area contributed by atoms with Gasteiger partial charge in [-0.1, -0.05) is 48.5 Å². The van der Waals surface area contributed by atoms with Gasteiger partial charge in [-0.2, -0.15) is 0 Å². The largest absolute Gasteiger partial charge is 0.497 e. The van der Waals surface area contributed by atoms with Crippen LogP contribution < -0.4 is 9.47 Å². The number of benzene rings is 3. The molecule has 0 radical (unpaired) electrons. The lowest BCUT2D eigenvalue weighted by Gasteiger charge is -2.25. The van der Waals surface area contributed by atoms with E-state index in [0.717, 1.165) is 30.9 Å². The van der Waals surface area contributed by atoms with E-state index in [2.05, 4.69) is 89.8 Å². The van der Waals surface area contributed by atoms with E-state index < -0.39 is 0 Å². The summed E-state index contributed by atoms with van der Waals surface area (Å²) in [5.41, 5.74) is 7.83. The van der Waals surface area contributed by atoms with Crippen LogP contribution in [0.25, 0.3) is 11.1 Å². The van der Waals surface area contributed by atoms with Crippen LogP contribution in [-0.4, -0.2) is 18.3 Å². The number of ether oxygens (including phenoxy) is 2. The highest BCUT2D eigenvalue weighted by atomic mass is 16.5. The van der Waals surface area contributed by atoms with Gasteiger partial charge in [0.2, 0.25) is 0 Å². The number of hydrogen-bond acceptors (Lipinski definition) is 2. The SMILES string of the molecule is COc1ccc2c(c1)CCC(c1ccccc1)=C2c1ccc(OCCn2cccc2)cc1. The van der Waals surface area contributed by atoms with E-state index in [0.29, 0.717) is 6.61 Å². The van der Waals surface area contributed by atoms with Gasteiger partial charge in [0.25, 0.3) is 0 Å². The minimum atomic E-state index is 0.647. The minimum Gasteiger partial charge on any atom is -0.497 e. The quantitative estimate of drug-likeness (QED) is 0.341. The summed E-state index contributed by atoms with van der Waals surface area (Å²) in [6.45, 7) is 1.49. The van der Waals surface area contributed by atoms with Crippen LogP contribution in [0.2, 0.25) is 0 Å². The number of aryl methyl sites for hydroxylation is 1. The highest BCUT2D eigenvalue weighted by Crippen LogP contribution is 2.42. The Morgan fingerprint density at radius 1 is 0.750 bits per heavy atom. The number of nitrogens with zero attached hydrogens (tertiary/aromatic N) is 1. The van der Waals surface area contributed by atoms with Crippen molar-refractivity contribution in [3.63, 3.8) is 0 Å². The molecule has 5 rings (SSSR count). The molecule has 3 nitrogen and oxygen atoms in total. The van der Waals surface area contributed by atoms with Gasteiger partial charge in [0, 0.05) is 12.4 Å². The average molecular weight is 422 g/mol. The average Bonchev–Trinajstić information content (AvgIpc) is 3.37. The predicted molar refractivity (Wildman–Crippen MR) is 130 cm³/mol. The van der Waals surface area contributed by atoms with Crippen molar-refractivity contribution in [1.29, 1.82) is 0 Å². The molecule has 1 heterocycles. The third kappa shape index (κ3) is 4.19. The molecule has 0 spiro atoms. The highest BCUT2D eigenvalue weighted by molar-refractivity contribution is 6.00. The summed E-state index contributed by atoms with van der Waals surface area (Å²) in [5.74, 6) is 1.81. The fourth-order valence-electron chi connectivity index (χ4n) is 4.46. The Hall–Kier alpha value is -3.72. The van der Waals surface area contributed by atoms with Gasteiger partial charge in [-0.05, 0) is 82.6 Å². The zero-order valence-corrected chi connectivity index (χ0v) is 18.3. The van der Waals surface area contributed by atoms with Crippen LogP contribution in [0.3, 0.4) is 0 Å². The van der Waals surface area contributed by atoms with Gasteiger partial charge < -0.3 is 14.0 Å². The first-order valence-electron chi connectivity index (χ1n) is 11.1. The van der Waals surface area contributed by atoms with E-state index in [1.54, 1.807) is 7.11 Å². The van der Waals surface area contributed by atoms with E-state index in [-0.39, 0.29) is 0 Å². The van der Waals surface area contributed by atoms with Crippen molar-refractivity contribution < 1.29 is 9.47 Å². The van der Waals surface area contributed by atoms with Crippen LogP contribution in [0.4, 0.5) is 0 Å². The Bertz CT molecular complexity index is 1210. The van der Waals surface area contributed by atoms with Gasteiger partial charge in [-0.15, -0.1) is 0 Å². The van der Waals surface area contributed by atoms with Crippen molar-refractivity contribution in [3.05, 3.63) is 120 Å². The maximum absolute atomic E-state index is 5.98. The predicted octanol–water partition coefficient (Wildman–Crippen LogP) is 6.48. The summed E-state index contributed by atoms with van der Waals surface area (Å²) >= 11 is 0. The van der Waals surface area contributed by atoms with E-state index >= 15 is 0 Å². The Kier molecular flexibility index (Phi) is 5.80. The summed E-state index contributed by atoms with van der Waals surface area (Å²) in [4.78, 5) is 0. The van der Waals surface area contributed by atoms with Crippen LogP contribution in [0, 0.1) is 0 Å². The standard InChI is InChI=1S/C29H27NO2/c1-31-26-14-16-28-24(21-26)11-15-27(22-7-3-2-4-8-22)29(28)23-9-12-25(13-10-23)32-20-19-30-17-5-6-18-30/h2-10,12-14,16-18,21H,11,15,19-20H2,1H3. The Morgan fingerprint density at radius 3 is 2.25 bits per heavy atom. The molecule has 0 saturated carbocycles. The summed E-state index contributed by atoms with van der Waals surface area (Å²) in [6.07, 6.45) is 6.13. The smallest absolute Gasteiger partial charge is 0.119 e. The summed E-state index contributed by atoms with van der Waals surface area (Å²) in [7, 11) is 1.73. The van der Waals surface area contributed by atoms with E-state index in [1.165, 1.54) is 33.4 Å². The van der Waals surface area contributed by atoms with Crippen LogP contribution >= 0.6 is 0 Å². The number of methoxy groups -OCH3 is 1. The van der Waals surface area contributed by atoms with Gasteiger partial charge in [0.1, 0.15) is 18.1 Å². The third-order valence-corrected chi connectivity index (χ3v) is 6.08. The molecule has 0 bridgehead atoms. The number of rotatable bonds is 7. The lowest BCUT2D eigenvalue weighted by molar-refractivity contribution is 0.298. The molecule has 0 fully saturated rings. The molecule has 0 atom stereocenters. The van der Waals surface area contributed by atoms with Crippen LogP contribution in [-0.2, 0) is 13.0 Å². The maximum atomic E-state index is 5.98. The molecule has 3 heteroatoms. The Labute approximate surface area is 189 Å². The molecule has 32 heavy (non-hydrogen) atoms. The molecule has 1 aromatic heterocycles. The van der Waals surface area contributed by atoms with Gasteiger partial charge in [0.15, 0.2) is 0 Å². The zero-order valence-electron chi connectivity index (χ0n) is 18.3. The van der Waals surface area contributed by atoms with Crippen LogP contribution in [0.5, 0.6) is 11.5 Å². The fourth-order valence-corrected chi connectivity index (χ4v) is 4.46. The van der Waals surface area contributed by atoms with Gasteiger partial charge in [-0.25, -0.2) is 0 Å². The first-order chi connectivity index (χ1) is 15.8. The van der Waals surface area contributed by atoms with Gasteiger partial charge in [-0.3, -0.25) is 0 Å². The molecule has 0 amide bonds. The molecule has 1 aliphatic rings. The molecule has 4 aromatic rings. The zero-order chi connectivity index (χ0) is 21.8. The number of allylic oxidation sites excluding steroid dienone is 1. The summed E-state index contributed by atoms with van der Waals surface area (Å²) < 4.78 is 13.6. The topological polar surface area (TPSA) is 23.4 Å². The highest BCUT2D eigenvalue weighted by Gasteiger charge is 2.22. The first kappa shape index (κ1) is 20.2. The fraction of sp³-hybridized carbons (Fsp3) is 0.172. The van der Waals surface area contributed by atoms with Crippen molar-refractivity contribution in [2.24, 2.45) is 0 Å². The molecule has 1 aliphatic carbocycles. The number of fused-ring (bicyclic) bond motifs is 1.